The summed E-state index contributed by atoms with van der Waals surface area (Å²) in [6.07, 6.45) is 0.449. The van der Waals surface area contributed by atoms with E-state index >= 15 is 0 Å². The molecule has 0 atom stereocenters. The lowest BCUT2D eigenvalue weighted by molar-refractivity contribution is -0.115. The van der Waals surface area contributed by atoms with E-state index < -0.39 is 0 Å². The number of benzene rings is 1. The zero-order valence-electron chi connectivity index (χ0n) is 7.46. The van der Waals surface area contributed by atoms with Crippen molar-refractivity contribution in [3.05, 3.63) is 29.3 Å². The molecule has 0 bridgehead atoms. The molecule has 1 nitrogen and oxygen atoms in total. The highest BCUT2D eigenvalue weighted by Crippen LogP contribution is 2.18. The first-order valence-corrected chi connectivity index (χ1v) is 6.80. The third-order valence-corrected chi connectivity index (χ3v) is 3.54. The van der Waals surface area contributed by atoms with Gasteiger partial charge in [-0.1, -0.05) is 44.0 Å². The second-order valence-corrected chi connectivity index (χ2v) is 4.55. The zero-order valence-corrected chi connectivity index (χ0v) is 11.5. The van der Waals surface area contributed by atoms with E-state index in [1.807, 2.05) is 18.2 Å². The molecule has 76 valence electrons. The summed E-state index contributed by atoms with van der Waals surface area (Å²) in [7, 11) is 0. The van der Waals surface area contributed by atoms with Gasteiger partial charge >= 0.3 is 0 Å². The van der Waals surface area contributed by atoms with Crippen molar-refractivity contribution in [3.63, 3.8) is 0 Å². The van der Waals surface area contributed by atoms with E-state index in [2.05, 4.69) is 44.5 Å². The van der Waals surface area contributed by atoms with E-state index in [0.717, 1.165) is 15.8 Å². The monoisotopic (exact) mass is 336 g/mol. The fourth-order valence-electron chi connectivity index (χ4n) is 1.12. The maximum absolute atomic E-state index is 11.2. The van der Waals surface area contributed by atoms with Gasteiger partial charge in [-0.15, -0.1) is 12.6 Å². The van der Waals surface area contributed by atoms with Crippen LogP contribution in [0.3, 0.4) is 0 Å². The topological polar surface area (TPSA) is 17.1 Å². The standard InChI is InChI=1S/C10H10Br2OS/c11-5-7-1-2-10(14)8(3-7)4-9(13)6-12/h1-3,14H,4-6H2. The number of alkyl halides is 2. The number of hydrogen-bond donors (Lipinski definition) is 1. The molecule has 0 amide bonds. The number of carbonyl (C=O) groups excluding carboxylic acids is 1. The van der Waals surface area contributed by atoms with E-state index in [0.29, 0.717) is 11.8 Å². The van der Waals surface area contributed by atoms with Crippen molar-refractivity contribution in [1.82, 2.24) is 0 Å². The second kappa shape index (κ2) is 5.93. The third kappa shape index (κ3) is 3.41. The van der Waals surface area contributed by atoms with Crippen LogP contribution in [-0.4, -0.2) is 11.1 Å². The molecule has 0 aliphatic heterocycles. The minimum atomic E-state index is 0.173. The highest BCUT2D eigenvalue weighted by Gasteiger charge is 2.05. The molecule has 0 heterocycles. The summed E-state index contributed by atoms with van der Waals surface area (Å²) in [5.41, 5.74) is 2.16. The molecule has 0 aromatic heterocycles. The molecule has 14 heavy (non-hydrogen) atoms. The minimum Gasteiger partial charge on any atom is -0.298 e. The number of hydrogen-bond acceptors (Lipinski definition) is 2. The SMILES string of the molecule is O=C(CBr)Cc1cc(CBr)ccc1S. The van der Waals surface area contributed by atoms with E-state index in [-0.39, 0.29) is 5.78 Å². The van der Waals surface area contributed by atoms with Gasteiger partial charge in [0.15, 0.2) is 0 Å². The molecule has 1 rings (SSSR count). The average molecular weight is 338 g/mol. The van der Waals surface area contributed by atoms with Gasteiger partial charge < -0.3 is 0 Å². The highest BCUT2D eigenvalue weighted by molar-refractivity contribution is 9.09. The Kier molecular flexibility index (Phi) is 5.20. The Labute approximate surface area is 106 Å². The Morgan fingerprint density at radius 2 is 2.07 bits per heavy atom. The molecule has 0 fully saturated rings. The number of carbonyl (C=O) groups is 1. The summed E-state index contributed by atoms with van der Waals surface area (Å²) in [5.74, 6) is 0.173. The third-order valence-electron chi connectivity index (χ3n) is 1.83. The van der Waals surface area contributed by atoms with Crippen LogP contribution in [0.25, 0.3) is 0 Å². The van der Waals surface area contributed by atoms with Crippen LogP contribution in [0.2, 0.25) is 0 Å². The smallest absolute Gasteiger partial charge is 0.147 e. The number of ketones is 1. The maximum atomic E-state index is 11.2. The van der Waals surface area contributed by atoms with Gasteiger partial charge in [-0.2, -0.15) is 0 Å². The van der Waals surface area contributed by atoms with Crippen LogP contribution >= 0.6 is 44.5 Å². The fraction of sp³-hybridized carbons (Fsp3) is 0.300. The first-order valence-electron chi connectivity index (χ1n) is 4.11. The van der Waals surface area contributed by atoms with Crippen LogP contribution in [0.1, 0.15) is 11.1 Å². The van der Waals surface area contributed by atoms with E-state index in [1.165, 1.54) is 5.56 Å². The highest BCUT2D eigenvalue weighted by atomic mass is 79.9. The van der Waals surface area contributed by atoms with Crippen molar-refractivity contribution < 1.29 is 4.79 Å². The lowest BCUT2D eigenvalue weighted by Gasteiger charge is -2.05. The summed E-state index contributed by atoms with van der Waals surface area (Å²) < 4.78 is 0. The van der Waals surface area contributed by atoms with Gasteiger partial charge in [0.1, 0.15) is 5.78 Å². The van der Waals surface area contributed by atoms with Gasteiger partial charge in [0.2, 0.25) is 0 Å². The number of Topliss-reactive ketones (excluding diaryl/α,β-unsaturated/α-hetero) is 1. The van der Waals surface area contributed by atoms with E-state index in [9.17, 15) is 4.79 Å². The lowest BCUT2D eigenvalue weighted by atomic mass is 10.1. The first kappa shape index (κ1) is 12.3. The summed E-state index contributed by atoms with van der Waals surface area (Å²) in [4.78, 5) is 12.1. The number of rotatable bonds is 4. The maximum Gasteiger partial charge on any atom is 0.147 e. The van der Waals surface area contributed by atoms with Crippen molar-refractivity contribution >= 4 is 50.3 Å². The molecule has 0 unspecified atom stereocenters. The quantitative estimate of drug-likeness (QED) is 0.658. The summed E-state index contributed by atoms with van der Waals surface area (Å²) in [6.45, 7) is 0. The zero-order chi connectivity index (χ0) is 10.6. The predicted molar refractivity (Wildman–Crippen MR) is 68.8 cm³/mol. The molecule has 0 aliphatic rings. The molecule has 1 aromatic rings. The normalized spacial score (nSPS) is 10.2. The van der Waals surface area contributed by atoms with Gasteiger partial charge in [0.25, 0.3) is 0 Å². The fourth-order valence-corrected chi connectivity index (χ4v) is 1.89. The van der Waals surface area contributed by atoms with Gasteiger partial charge in [-0.05, 0) is 17.2 Å². The largest absolute Gasteiger partial charge is 0.298 e. The molecule has 0 saturated carbocycles. The number of halogens is 2. The van der Waals surface area contributed by atoms with Gasteiger partial charge in [0.05, 0.1) is 5.33 Å². The first-order chi connectivity index (χ1) is 6.67. The van der Waals surface area contributed by atoms with Crippen LogP contribution in [0.15, 0.2) is 23.1 Å². The van der Waals surface area contributed by atoms with Crippen molar-refractivity contribution in [2.24, 2.45) is 0 Å². The summed E-state index contributed by atoms with van der Waals surface area (Å²) in [6, 6.07) is 5.94. The summed E-state index contributed by atoms with van der Waals surface area (Å²) >= 11 is 10.8. The molecule has 4 heteroatoms. The van der Waals surface area contributed by atoms with E-state index in [4.69, 9.17) is 0 Å². The van der Waals surface area contributed by atoms with Gasteiger partial charge in [0, 0.05) is 16.6 Å². The Hall–Kier alpha value is 0.200. The van der Waals surface area contributed by atoms with Crippen molar-refractivity contribution in [2.75, 3.05) is 5.33 Å². The Balaban J connectivity index is 2.89. The van der Waals surface area contributed by atoms with Crippen LogP contribution < -0.4 is 0 Å². The molecule has 0 aliphatic carbocycles. The molecular formula is C10H10Br2OS. The van der Waals surface area contributed by atoms with Crippen LogP contribution in [0.5, 0.6) is 0 Å². The lowest BCUT2D eigenvalue weighted by Crippen LogP contribution is -2.04. The average Bonchev–Trinajstić information content (AvgIpc) is 2.21. The molecule has 1 aromatic carbocycles. The van der Waals surface area contributed by atoms with Crippen LogP contribution in [0.4, 0.5) is 0 Å². The predicted octanol–water partition coefficient (Wildman–Crippen LogP) is 3.38. The summed E-state index contributed by atoms with van der Waals surface area (Å²) in [5, 5.41) is 1.20. The van der Waals surface area contributed by atoms with E-state index in [1.54, 1.807) is 0 Å². The van der Waals surface area contributed by atoms with Gasteiger partial charge in [-0.3, -0.25) is 4.79 Å². The van der Waals surface area contributed by atoms with Crippen molar-refractivity contribution in [3.8, 4) is 0 Å². The van der Waals surface area contributed by atoms with Crippen molar-refractivity contribution in [1.29, 1.82) is 0 Å². The minimum absolute atomic E-state index is 0.173. The Morgan fingerprint density at radius 3 is 2.64 bits per heavy atom. The number of thiol groups is 1. The molecule has 0 saturated heterocycles. The Bertz CT molecular complexity index is 339. The Morgan fingerprint density at radius 1 is 1.36 bits per heavy atom. The molecule has 0 spiro atoms. The molecular weight excluding hydrogens is 328 g/mol. The second-order valence-electron chi connectivity index (χ2n) is 2.95. The van der Waals surface area contributed by atoms with Crippen molar-refractivity contribution in [2.45, 2.75) is 16.6 Å². The van der Waals surface area contributed by atoms with Crippen LogP contribution in [0, 0.1) is 0 Å². The molecule has 0 radical (unpaired) electrons. The molecule has 0 N–H and O–H groups in total. The van der Waals surface area contributed by atoms with Crippen LogP contribution in [-0.2, 0) is 16.5 Å². The van der Waals surface area contributed by atoms with Gasteiger partial charge in [-0.25, -0.2) is 0 Å².